The first-order chi connectivity index (χ1) is 38.5. The number of unbranched alkanes of at least 4 members (excludes halogenated alkanes) is 18. The van der Waals surface area contributed by atoms with Crippen LogP contribution in [0.3, 0.4) is 0 Å². The Morgan fingerprint density at radius 1 is 0.269 bits per heavy atom. The van der Waals surface area contributed by atoms with Crippen molar-refractivity contribution in [3.8, 4) is 0 Å². The van der Waals surface area contributed by atoms with E-state index in [0.717, 1.165) is 148 Å². The highest BCUT2D eigenvalue weighted by Crippen LogP contribution is 2.14. The van der Waals surface area contributed by atoms with Crippen molar-refractivity contribution >= 4 is 17.9 Å². The molecule has 0 radical (unpaired) electrons. The molecule has 1 unspecified atom stereocenters. The van der Waals surface area contributed by atoms with Gasteiger partial charge in [0.05, 0.1) is 0 Å². The van der Waals surface area contributed by atoms with Gasteiger partial charge in [-0.25, -0.2) is 0 Å². The Kier molecular flexibility index (Phi) is 60.4. The van der Waals surface area contributed by atoms with E-state index in [1.807, 2.05) is 0 Å². The molecule has 1 atom stereocenters. The van der Waals surface area contributed by atoms with Crippen molar-refractivity contribution in [1.29, 1.82) is 0 Å². The molecule has 0 aliphatic heterocycles. The van der Waals surface area contributed by atoms with Gasteiger partial charge in [0.25, 0.3) is 0 Å². The van der Waals surface area contributed by atoms with E-state index >= 15 is 0 Å². The van der Waals surface area contributed by atoms with E-state index in [0.29, 0.717) is 19.3 Å². The summed E-state index contributed by atoms with van der Waals surface area (Å²) in [5.74, 6) is -0.994. The minimum absolute atomic E-state index is 0.110. The van der Waals surface area contributed by atoms with Gasteiger partial charge < -0.3 is 14.2 Å². The Morgan fingerprint density at radius 2 is 0.513 bits per heavy atom. The molecular formula is C72H114O6. The molecule has 0 aromatic heterocycles. The highest BCUT2D eigenvalue weighted by molar-refractivity contribution is 5.71. The average Bonchev–Trinajstić information content (AvgIpc) is 3.44. The first kappa shape index (κ1) is 73.0. The number of hydrogen-bond acceptors (Lipinski definition) is 6. The number of hydrogen-bond donors (Lipinski definition) is 0. The van der Waals surface area contributed by atoms with Crippen molar-refractivity contribution in [2.75, 3.05) is 13.2 Å². The third-order valence-corrected chi connectivity index (χ3v) is 12.7. The Labute approximate surface area is 480 Å². The van der Waals surface area contributed by atoms with Crippen LogP contribution in [0.5, 0.6) is 0 Å². The van der Waals surface area contributed by atoms with Crippen molar-refractivity contribution in [2.24, 2.45) is 0 Å². The van der Waals surface area contributed by atoms with Crippen molar-refractivity contribution < 1.29 is 28.6 Å². The van der Waals surface area contributed by atoms with Gasteiger partial charge in [0.2, 0.25) is 0 Å². The van der Waals surface area contributed by atoms with Crippen LogP contribution < -0.4 is 0 Å². The van der Waals surface area contributed by atoms with E-state index in [2.05, 4.69) is 179 Å². The fourth-order valence-electron chi connectivity index (χ4n) is 8.10. The molecule has 0 aromatic rings. The number of rotatable bonds is 55. The molecule has 0 saturated carbocycles. The van der Waals surface area contributed by atoms with Crippen LogP contribution in [0.1, 0.15) is 258 Å². The minimum atomic E-state index is -0.819. The highest BCUT2D eigenvalue weighted by Gasteiger charge is 2.19. The molecule has 0 fully saturated rings. The summed E-state index contributed by atoms with van der Waals surface area (Å²) < 4.78 is 16.8. The van der Waals surface area contributed by atoms with Crippen LogP contribution >= 0.6 is 0 Å². The van der Waals surface area contributed by atoms with Crippen molar-refractivity contribution in [2.45, 2.75) is 264 Å². The maximum absolute atomic E-state index is 12.9. The lowest BCUT2D eigenvalue weighted by Crippen LogP contribution is -2.30. The van der Waals surface area contributed by atoms with E-state index in [1.54, 1.807) is 0 Å². The molecule has 0 bridgehead atoms. The summed E-state index contributed by atoms with van der Waals surface area (Å²) >= 11 is 0. The van der Waals surface area contributed by atoms with Crippen LogP contribution in [0.25, 0.3) is 0 Å². The van der Waals surface area contributed by atoms with E-state index in [-0.39, 0.29) is 37.5 Å². The molecule has 0 rings (SSSR count). The fraction of sp³-hybridized carbons (Fsp3) is 0.597. The predicted octanol–water partition coefficient (Wildman–Crippen LogP) is 21.7. The van der Waals surface area contributed by atoms with Gasteiger partial charge in [-0.1, -0.05) is 256 Å². The van der Waals surface area contributed by atoms with Crippen LogP contribution in [0, 0.1) is 0 Å². The summed E-state index contributed by atoms with van der Waals surface area (Å²) in [5.41, 5.74) is 0. The SMILES string of the molecule is CC/C=C\C/C=C\C/C=C\C/C=C\C/C=C\C/C=C\C/C=C\C/C=C\C/C=C\CCCC(=O)OCC(COC(=O)CCCCCCC/C=C\CCCCCCC)OC(=O)CCCCCCCCC/C=C\C/C=C\C/C=C\CC. The largest absolute Gasteiger partial charge is 0.462 e. The Bertz CT molecular complexity index is 1760. The smallest absolute Gasteiger partial charge is 0.306 e. The quantitative estimate of drug-likeness (QED) is 0.0261. The molecule has 438 valence electrons. The van der Waals surface area contributed by atoms with E-state index < -0.39 is 6.10 Å². The van der Waals surface area contributed by atoms with Gasteiger partial charge in [-0.3, -0.25) is 14.4 Å². The van der Waals surface area contributed by atoms with Crippen molar-refractivity contribution in [1.82, 2.24) is 0 Å². The molecule has 0 heterocycles. The van der Waals surface area contributed by atoms with Gasteiger partial charge in [0, 0.05) is 19.3 Å². The lowest BCUT2D eigenvalue weighted by atomic mass is 10.1. The topological polar surface area (TPSA) is 78.9 Å². The maximum Gasteiger partial charge on any atom is 0.306 e. The van der Waals surface area contributed by atoms with Crippen LogP contribution in [-0.2, 0) is 28.6 Å². The number of esters is 3. The van der Waals surface area contributed by atoms with Crippen LogP contribution in [0.4, 0.5) is 0 Å². The van der Waals surface area contributed by atoms with Gasteiger partial charge in [-0.05, 0) is 141 Å². The van der Waals surface area contributed by atoms with Crippen molar-refractivity contribution in [3.05, 3.63) is 158 Å². The average molecular weight is 1080 g/mol. The zero-order chi connectivity index (χ0) is 56.4. The van der Waals surface area contributed by atoms with E-state index in [4.69, 9.17) is 14.2 Å². The summed E-state index contributed by atoms with van der Waals surface area (Å²) in [6.45, 7) is 6.34. The number of carbonyl (C=O) groups is 3. The molecular weight excluding hydrogens is 961 g/mol. The summed E-state index contributed by atoms with van der Waals surface area (Å²) in [5, 5.41) is 0. The Hall–Kier alpha value is -4.97. The standard InChI is InChI=1S/C72H114O6/c1-4-7-10-13-16-19-22-25-28-30-31-32-33-34-35-36-37-38-39-40-41-43-44-47-50-53-56-59-62-65-71(74)77-68-69(67-76-70(73)64-61-58-55-52-49-46-27-24-21-18-15-12-9-6-3)78-72(75)66-63-60-57-54-51-48-45-42-29-26-23-20-17-14-11-8-5-2/h7-8,10-11,16-17,19-20,24-29,31-32,34-35,37-38,40-41,44,47,53,56,69H,4-6,9,12-15,18,21-23,30,33,36,39,42-43,45-46,48-52,54-55,57-68H2,1-3H3/b10-7-,11-8-,19-16-,20-17-,27-24-,28-25-,29-26-,32-31-,35-34-,38-37-,41-40-,47-44-,56-53-. The van der Waals surface area contributed by atoms with E-state index in [1.165, 1.54) is 64.2 Å². The molecule has 0 amide bonds. The lowest BCUT2D eigenvalue weighted by Gasteiger charge is -2.18. The molecule has 0 saturated heterocycles. The first-order valence-corrected chi connectivity index (χ1v) is 31.5. The lowest BCUT2D eigenvalue weighted by molar-refractivity contribution is -0.167. The second-order valence-electron chi connectivity index (χ2n) is 20.2. The fourth-order valence-corrected chi connectivity index (χ4v) is 8.10. The molecule has 0 spiro atoms. The second kappa shape index (κ2) is 64.6. The van der Waals surface area contributed by atoms with Crippen LogP contribution in [0.15, 0.2) is 158 Å². The molecule has 0 aliphatic rings. The van der Waals surface area contributed by atoms with E-state index in [9.17, 15) is 14.4 Å². The minimum Gasteiger partial charge on any atom is -0.462 e. The molecule has 6 heteroatoms. The third-order valence-electron chi connectivity index (χ3n) is 12.7. The zero-order valence-electron chi connectivity index (χ0n) is 50.1. The third kappa shape index (κ3) is 61.9. The number of ether oxygens (including phenoxy) is 3. The summed E-state index contributed by atoms with van der Waals surface area (Å²) in [6, 6.07) is 0. The number of carbonyl (C=O) groups excluding carboxylic acids is 3. The zero-order valence-corrected chi connectivity index (χ0v) is 50.1. The monoisotopic (exact) mass is 1070 g/mol. The molecule has 0 aliphatic carbocycles. The molecule has 78 heavy (non-hydrogen) atoms. The molecule has 0 N–H and O–H groups in total. The van der Waals surface area contributed by atoms with Crippen LogP contribution in [-0.4, -0.2) is 37.2 Å². The Morgan fingerprint density at radius 3 is 0.846 bits per heavy atom. The van der Waals surface area contributed by atoms with Gasteiger partial charge in [0.15, 0.2) is 6.10 Å². The Balaban J connectivity index is 4.48. The highest BCUT2D eigenvalue weighted by atomic mass is 16.6. The van der Waals surface area contributed by atoms with Crippen molar-refractivity contribution in [3.63, 3.8) is 0 Å². The second-order valence-corrected chi connectivity index (χ2v) is 20.2. The molecule has 0 aromatic carbocycles. The summed E-state index contributed by atoms with van der Waals surface area (Å²) in [6.07, 6.45) is 93.9. The maximum atomic E-state index is 12.9. The van der Waals surface area contributed by atoms with Crippen LogP contribution in [0.2, 0.25) is 0 Å². The predicted molar refractivity (Wildman–Crippen MR) is 338 cm³/mol. The first-order valence-electron chi connectivity index (χ1n) is 31.5. The number of allylic oxidation sites excluding steroid dienone is 26. The normalized spacial score (nSPS) is 13.2. The van der Waals surface area contributed by atoms with Gasteiger partial charge in [0.1, 0.15) is 13.2 Å². The van der Waals surface area contributed by atoms with Gasteiger partial charge in [-0.2, -0.15) is 0 Å². The van der Waals surface area contributed by atoms with Gasteiger partial charge in [-0.15, -0.1) is 0 Å². The molecule has 6 nitrogen and oxygen atoms in total. The summed E-state index contributed by atoms with van der Waals surface area (Å²) in [4.78, 5) is 38.3. The van der Waals surface area contributed by atoms with Gasteiger partial charge >= 0.3 is 17.9 Å². The summed E-state index contributed by atoms with van der Waals surface area (Å²) in [7, 11) is 0.